The highest BCUT2D eigenvalue weighted by atomic mass is 79.9. The lowest BCUT2D eigenvalue weighted by Crippen LogP contribution is -2.07. The maximum absolute atomic E-state index is 5.89. The molecule has 0 aliphatic rings. The molecule has 1 aromatic carbocycles. The van der Waals surface area contributed by atoms with Crippen LogP contribution in [0.2, 0.25) is 0 Å². The minimum Gasteiger partial charge on any atom is -0.398 e. The topological polar surface area (TPSA) is 50.9 Å². The highest BCUT2D eigenvalue weighted by molar-refractivity contribution is 9.10. The van der Waals surface area contributed by atoms with E-state index in [9.17, 15) is 0 Å². The van der Waals surface area contributed by atoms with Crippen molar-refractivity contribution < 1.29 is 0 Å². The van der Waals surface area contributed by atoms with Gasteiger partial charge in [0, 0.05) is 20.7 Å². The summed E-state index contributed by atoms with van der Waals surface area (Å²) in [6.45, 7) is 8.26. The molecule has 19 heavy (non-hydrogen) atoms. The van der Waals surface area contributed by atoms with Gasteiger partial charge < -0.3 is 11.1 Å². The van der Waals surface area contributed by atoms with E-state index in [2.05, 4.69) is 46.1 Å². The molecule has 1 aromatic heterocycles. The summed E-state index contributed by atoms with van der Waals surface area (Å²) in [5.74, 6) is 0. The van der Waals surface area contributed by atoms with Gasteiger partial charge in [0.15, 0.2) is 0 Å². The molecule has 102 valence electrons. The Morgan fingerprint density at radius 1 is 1.32 bits per heavy atom. The van der Waals surface area contributed by atoms with E-state index in [1.54, 1.807) is 11.3 Å². The minimum absolute atomic E-state index is 0.227. The van der Waals surface area contributed by atoms with Gasteiger partial charge in [0.25, 0.3) is 0 Å². The average molecular weight is 340 g/mol. The predicted molar refractivity (Wildman–Crippen MR) is 86.9 cm³/mol. The third-order valence-electron chi connectivity index (χ3n) is 3.06. The van der Waals surface area contributed by atoms with Crippen LogP contribution in [-0.2, 0) is 0 Å². The number of aryl methyl sites for hydroxylation is 3. The van der Waals surface area contributed by atoms with E-state index in [0.29, 0.717) is 0 Å². The lowest BCUT2D eigenvalue weighted by atomic mass is 10.1. The number of nitrogen functional groups attached to an aromatic ring is 1. The fourth-order valence-corrected chi connectivity index (χ4v) is 3.46. The van der Waals surface area contributed by atoms with E-state index in [-0.39, 0.29) is 6.04 Å². The SMILES string of the molecule is Cc1nc(C)c(C(C)Nc2cc(C)c(N)cc2Br)s1. The van der Waals surface area contributed by atoms with E-state index in [0.717, 1.165) is 32.1 Å². The number of aromatic nitrogens is 1. The summed E-state index contributed by atoms with van der Waals surface area (Å²) in [6.07, 6.45) is 0. The van der Waals surface area contributed by atoms with Crippen LogP contribution in [0, 0.1) is 20.8 Å². The highest BCUT2D eigenvalue weighted by Crippen LogP contribution is 2.33. The number of rotatable bonds is 3. The number of nitrogens with one attached hydrogen (secondary N) is 1. The Morgan fingerprint density at radius 2 is 2.00 bits per heavy atom. The first-order chi connectivity index (χ1) is 8.88. The minimum atomic E-state index is 0.227. The first-order valence-electron chi connectivity index (χ1n) is 6.14. The number of thiazole rings is 1. The van der Waals surface area contributed by atoms with E-state index in [1.165, 1.54) is 4.88 Å². The van der Waals surface area contributed by atoms with Crippen molar-refractivity contribution in [2.24, 2.45) is 0 Å². The molecule has 1 unspecified atom stereocenters. The molecule has 0 radical (unpaired) electrons. The molecule has 0 bridgehead atoms. The average Bonchev–Trinajstić information content (AvgIpc) is 2.65. The molecule has 0 saturated carbocycles. The van der Waals surface area contributed by atoms with E-state index >= 15 is 0 Å². The van der Waals surface area contributed by atoms with Crippen LogP contribution in [0.4, 0.5) is 11.4 Å². The van der Waals surface area contributed by atoms with Gasteiger partial charge in [-0.1, -0.05) is 0 Å². The predicted octanol–water partition coefficient (Wildman–Crippen LogP) is 4.59. The second-order valence-electron chi connectivity index (χ2n) is 4.74. The number of hydrogen-bond donors (Lipinski definition) is 2. The van der Waals surface area contributed by atoms with Crippen molar-refractivity contribution in [3.63, 3.8) is 0 Å². The van der Waals surface area contributed by atoms with Crippen LogP contribution in [-0.4, -0.2) is 4.98 Å². The van der Waals surface area contributed by atoms with E-state index < -0.39 is 0 Å². The first-order valence-corrected chi connectivity index (χ1v) is 7.75. The van der Waals surface area contributed by atoms with Crippen molar-refractivity contribution in [2.75, 3.05) is 11.1 Å². The van der Waals surface area contributed by atoms with Crippen molar-refractivity contribution >= 4 is 38.6 Å². The summed E-state index contributed by atoms with van der Waals surface area (Å²) in [7, 11) is 0. The van der Waals surface area contributed by atoms with Gasteiger partial charge in [0.2, 0.25) is 0 Å². The molecule has 0 aliphatic heterocycles. The molecule has 0 aliphatic carbocycles. The Labute approximate surface area is 126 Å². The van der Waals surface area contributed by atoms with Crippen molar-refractivity contribution in [3.05, 3.63) is 37.7 Å². The maximum Gasteiger partial charge on any atom is 0.0900 e. The molecular formula is C14H18BrN3S. The largest absolute Gasteiger partial charge is 0.398 e. The van der Waals surface area contributed by atoms with Crippen LogP contribution in [0.25, 0.3) is 0 Å². The van der Waals surface area contributed by atoms with Gasteiger partial charge in [-0.25, -0.2) is 4.98 Å². The van der Waals surface area contributed by atoms with Crippen LogP contribution in [0.3, 0.4) is 0 Å². The number of halogens is 1. The number of nitrogens with two attached hydrogens (primary N) is 1. The Hall–Kier alpha value is -1.07. The van der Waals surface area contributed by atoms with Gasteiger partial charge in [-0.05, 0) is 61.3 Å². The van der Waals surface area contributed by atoms with Gasteiger partial charge in [-0.3, -0.25) is 0 Å². The molecule has 2 aromatic rings. The summed E-state index contributed by atoms with van der Waals surface area (Å²) in [4.78, 5) is 5.75. The molecule has 0 spiro atoms. The van der Waals surface area contributed by atoms with Crippen molar-refractivity contribution in [1.29, 1.82) is 0 Å². The Bertz CT molecular complexity index is 607. The Morgan fingerprint density at radius 3 is 2.58 bits per heavy atom. The van der Waals surface area contributed by atoms with Crippen molar-refractivity contribution in [2.45, 2.75) is 33.7 Å². The zero-order valence-electron chi connectivity index (χ0n) is 11.5. The lowest BCUT2D eigenvalue weighted by Gasteiger charge is -2.17. The highest BCUT2D eigenvalue weighted by Gasteiger charge is 2.14. The number of hydrogen-bond acceptors (Lipinski definition) is 4. The zero-order chi connectivity index (χ0) is 14.2. The molecule has 1 atom stereocenters. The molecule has 0 amide bonds. The van der Waals surface area contributed by atoms with E-state index in [1.807, 2.05) is 19.9 Å². The third kappa shape index (κ3) is 3.09. The molecule has 2 rings (SSSR count). The Kier molecular flexibility index (Phi) is 4.16. The molecule has 1 heterocycles. The monoisotopic (exact) mass is 339 g/mol. The smallest absolute Gasteiger partial charge is 0.0900 e. The second kappa shape index (κ2) is 5.51. The van der Waals surface area contributed by atoms with Crippen LogP contribution in [0.15, 0.2) is 16.6 Å². The van der Waals surface area contributed by atoms with Crippen LogP contribution < -0.4 is 11.1 Å². The van der Waals surface area contributed by atoms with Crippen LogP contribution in [0.1, 0.15) is 34.1 Å². The summed E-state index contributed by atoms with van der Waals surface area (Å²) >= 11 is 5.29. The fourth-order valence-electron chi connectivity index (χ4n) is 2.06. The van der Waals surface area contributed by atoms with Crippen LogP contribution in [0.5, 0.6) is 0 Å². The summed E-state index contributed by atoms with van der Waals surface area (Å²) in [6, 6.07) is 4.24. The molecule has 5 heteroatoms. The summed E-state index contributed by atoms with van der Waals surface area (Å²) < 4.78 is 0.987. The quantitative estimate of drug-likeness (QED) is 0.804. The number of anilines is 2. The normalized spacial score (nSPS) is 12.5. The van der Waals surface area contributed by atoms with E-state index in [4.69, 9.17) is 5.73 Å². The number of nitrogens with zero attached hydrogens (tertiary/aromatic N) is 1. The number of benzene rings is 1. The molecule has 0 fully saturated rings. The zero-order valence-corrected chi connectivity index (χ0v) is 13.9. The molecule has 3 N–H and O–H groups in total. The Balaban J connectivity index is 2.26. The fraction of sp³-hybridized carbons (Fsp3) is 0.357. The first kappa shape index (κ1) is 14.3. The molecule has 0 saturated heterocycles. The summed E-state index contributed by atoms with van der Waals surface area (Å²) in [5, 5.41) is 4.62. The van der Waals surface area contributed by atoms with Crippen molar-refractivity contribution in [1.82, 2.24) is 4.98 Å². The van der Waals surface area contributed by atoms with Gasteiger partial charge in [-0.2, -0.15) is 0 Å². The van der Waals surface area contributed by atoms with Gasteiger partial charge >= 0.3 is 0 Å². The van der Waals surface area contributed by atoms with Gasteiger partial charge in [0.05, 0.1) is 16.7 Å². The van der Waals surface area contributed by atoms with Crippen molar-refractivity contribution in [3.8, 4) is 0 Å². The molecular weight excluding hydrogens is 322 g/mol. The second-order valence-corrected chi connectivity index (χ2v) is 6.83. The molecule has 3 nitrogen and oxygen atoms in total. The lowest BCUT2D eigenvalue weighted by molar-refractivity contribution is 0.888. The van der Waals surface area contributed by atoms with Crippen LogP contribution >= 0.6 is 27.3 Å². The maximum atomic E-state index is 5.89. The standard InChI is InChI=1S/C14H18BrN3S/c1-7-5-13(11(15)6-12(7)16)18-9(3)14-8(2)17-10(4)19-14/h5-6,9,18H,16H2,1-4H3. The van der Waals surface area contributed by atoms with Gasteiger partial charge in [0.1, 0.15) is 0 Å². The third-order valence-corrected chi connectivity index (χ3v) is 4.97. The summed E-state index contributed by atoms with van der Waals surface area (Å²) in [5.41, 5.74) is 9.94. The van der Waals surface area contributed by atoms with Gasteiger partial charge in [-0.15, -0.1) is 11.3 Å².